The lowest BCUT2D eigenvalue weighted by Gasteiger charge is -2.43. The molecular weight excluding hydrogens is 425 g/mol. The third-order valence-electron chi connectivity index (χ3n) is 6.34. The molecule has 3 rings (SSSR count). The highest BCUT2D eigenvalue weighted by Gasteiger charge is 2.45. The molecule has 0 unspecified atom stereocenters. The maximum absolute atomic E-state index is 13.7. The van der Waals surface area contributed by atoms with Gasteiger partial charge in [-0.3, -0.25) is 14.5 Å². The Morgan fingerprint density at radius 3 is 2.27 bits per heavy atom. The number of nitrogens with zero attached hydrogens (tertiary/aromatic N) is 3. The van der Waals surface area contributed by atoms with Crippen LogP contribution in [-0.2, 0) is 19.7 Å². The molecule has 2 saturated heterocycles. The Balaban J connectivity index is 1.70. The first-order valence-electron chi connectivity index (χ1n) is 10.7. The van der Waals surface area contributed by atoms with Crippen molar-refractivity contribution < 1.29 is 14.3 Å². The Morgan fingerprint density at radius 2 is 1.70 bits per heavy atom. The number of halogens is 2. The number of hydrogen-bond donors (Lipinski definition) is 0. The fraction of sp³-hybridized carbons (Fsp3) is 0.636. The Hall–Kier alpha value is -1.34. The van der Waals surface area contributed by atoms with E-state index in [2.05, 4.69) is 4.90 Å². The smallest absolute Gasteiger partial charge is 0.236 e. The molecule has 0 radical (unpaired) electrons. The molecule has 1 aromatic carbocycles. The molecule has 0 bridgehead atoms. The van der Waals surface area contributed by atoms with E-state index in [9.17, 15) is 9.59 Å². The molecule has 30 heavy (non-hydrogen) atoms. The van der Waals surface area contributed by atoms with Crippen LogP contribution in [0.1, 0.15) is 32.3 Å². The van der Waals surface area contributed by atoms with Gasteiger partial charge < -0.3 is 14.5 Å². The number of hydrogen-bond acceptors (Lipinski definition) is 4. The molecule has 2 aliphatic rings. The summed E-state index contributed by atoms with van der Waals surface area (Å²) in [4.78, 5) is 32.0. The van der Waals surface area contributed by atoms with Crippen LogP contribution < -0.4 is 0 Å². The van der Waals surface area contributed by atoms with E-state index in [1.54, 1.807) is 12.1 Å². The SMILES string of the molecule is CCN(CC)C(=O)CN1CCN(C(=O)C2(c3ccc(Cl)cc3Cl)CCOCC2)CC1. The van der Waals surface area contributed by atoms with E-state index in [0.717, 1.165) is 18.7 Å². The number of carbonyl (C=O) groups is 2. The number of amides is 2. The minimum atomic E-state index is -0.681. The van der Waals surface area contributed by atoms with Gasteiger partial charge in [-0.15, -0.1) is 0 Å². The van der Waals surface area contributed by atoms with Crippen molar-refractivity contribution >= 4 is 35.0 Å². The van der Waals surface area contributed by atoms with Gasteiger partial charge in [0.2, 0.25) is 11.8 Å². The van der Waals surface area contributed by atoms with E-state index >= 15 is 0 Å². The van der Waals surface area contributed by atoms with Crippen LogP contribution in [0.3, 0.4) is 0 Å². The fourth-order valence-corrected chi connectivity index (χ4v) is 5.06. The van der Waals surface area contributed by atoms with Crippen molar-refractivity contribution in [1.82, 2.24) is 14.7 Å². The Kier molecular flexibility index (Phi) is 8.02. The highest BCUT2D eigenvalue weighted by atomic mass is 35.5. The van der Waals surface area contributed by atoms with Gasteiger partial charge in [-0.2, -0.15) is 0 Å². The lowest BCUT2D eigenvalue weighted by atomic mass is 9.72. The number of ether oxygens (including phenoxy) is 1. The van der Waals surface area contributed by atoms with Crippen molar-refractivity contribution in [2.75, 3.05) is 59.0 Å². The molecule has 0 saturated carbocycles. The first-order valence-corrected chi connectivity index (χ1v) is 11.5. The van der Waals surface area contributed by atoms with Gasteiger partial charge >= 0.3 is 0 Å². The summed E-state index contributed by atoms with van der Waals surface area (Å²) < 4.78 is 5.56. The first kappa shape index (κ1) is 23.3. The molecule has 8 heteroatoms. The summed E-state index contributed by atoms with van der Waals surface area (Å²) in [7, 11) is 0. The van der Waals surface area contributed by atoms with Gasteiger partial charge in [0.05, 0.1) is 12.0 Å². The molecule has 0 aliphatic carbocycles. The van der Waals surface area contributed by atoms with Crippen LogP contribution in [0.15, 0.2) is 18.2 Å². The Labute approximate surface area is 189 Å². The molecule has 0 aromatic heterocycles. The number of carbonyl (C=O) groups excluding carboxylic acids is 2. The van der Waals surface area contributed by atoms with Gasteiger partial charge in [-0.25, -0.2) is 0 Å². The average molecular weight is 456 g/mol. The topological polar surface area (TPSA) is 53.1 Å². The largest absolute Gasteiger partial charge is 0.381 e. The second-order valence-corrected chi connectivity index (χ2v) is 8.80. The van der Waals surface area contributed by atoms with Crippen molar-refractivity contribution in [2.45, 2.75) is 32.1 Å². The van der Waals surface area contributed by atoms with E-state index < -0.39 is 5.41 Å². The van der Waals surface area contributed by atoms with Gasteiger partial charge in [0.1, 0.15) is 0 Å². The minimum absolute atomic E-state index is 0.102. The molecule has 0 atom stereocenters. The summed E-state index contributed by atoms with van der Waals surface area (Å²) in [5, 5.41) is 1.09. The van der Waals surface area contributed by atoms with Gasteiger partial charge in [-0.1, -0.05) is 29.3 Å². The highest BCUT2D eigenvalue weighted by Crippen LogP contribution is 2.41. The van der Waals surface area contributed by atoms with Crippen molar-refractivity contribution in [3.8, 4) is 0 Å². The first-order chi connectivity index (χ1) is 14.4. The molecule has 2 fully saturated rings. The average Bonchev–Trinajstić information content (AvgIpc) is 2.75. The van der Waals surface area contributed by atoms with E-state index in [4.69, 9.17) is 27.9 Å². The van der Waals surface area contributed by atoms with Crippen LogP contribution in [0.2, 0.25) is 10.0 Å². The van der Waals surface area contributed by atoms with Crippen LogP contribution in [0, 0.1) is 0 Å². The lowest BCUT2D eigenvalue weighted by Crippen LogP contribution is -2.57. The molecule has 2 amide bonds. The zero-order valence-corrected chi connectivity index (χ0v) is 19.3. The predicted octanol–water partition coefficient (Wildman–Crippen LogP) is 3.05. The number of piperazine rings is 1. The van der Waals surface area contributed by atoms with E-state index in [1.165, 1.54) is 0 Å². The zero-order valence-electron chi connectivity index (χ0n) is 17.8. The van der Waals surface area contributed by atoms with E-state index in [-0.39, 0.29) is 11.8 Å². The monoisotopic (exact) mass is 455 g/mol. The Morgan fingerprint density at radius 1 is 1.07 bits per heavy atom. The summed E-state index contributed by atoms with van der Waals surface area (Å²) in [6.45, 7) is 9.51. The molecule has 2 heterocycles. The molecule has 6 nitrogen and oxygen atoms in total. The summed E-state index contributed by atoms with van der Waals surface area (Å²) >= 11 is 12.6. The van der Waals surface area contributed by atoms with Crippen LogP contribution in [-0.4, -0.2) is 85.5 Å². The molecule has 166 valence electrons. The molecule has 0 N–H and O–H groups in total. The molecule has 2 aliphatic heterocycles. The minimum Gasteiger partial charge on any atom is -0.381 e. The third-order valence-corrected chi connectivity index (χ3v) is 6.88. The molecule has 0 spiro atoms. The normalized spacial score (nSPS) is 19.5. The van der Waals surface area contributed by atoms with Gasteiger partial charge in [0.25, 0.3) is 0 Å². The molecule has 1 aromatic rings. The zero-order chi connectivity index (χ0) is 21.7. The van der Waals surface area contributed by atoms with E-state index in [1.807, 2.05) is 29.7 Å². The number of likely N-dealkylation sites (N-methyl/N-ethyl adjacent to an activating group) is 1. The van der Waals surface area contributed by atoms with Crippen LogP contribution in [0.4, 0.5) is 0 Å². The van der Waals surface area contributed by atoms with Crippen molar-refractivity contribution in [3.63, 3.8) is 0 Å². The van der Waals surface area contributed by atoms with Crippen LogP contribution in [0.25, 0.3) is 0 Å². The Bertz CT molecular complexity index is 756. The van der Waals surface area contributed by atoms with Gasteiger partial charge in [0.15, 0.2) is 0 Å². The standard InChI is InChI=1S/C22H31Cl2N3O3/c1-3-26(4-2)20(28)16-25-9-11-27(12-10-25)21(29)22(7-13-30-14-8-22)18-6-5-17(23)15-19(18)24/h5-6,15H,3-4,7-14,16H2,1-2H3. The third kappa shape index (κ3) is 4.93. The number of rotatable bonds is 6. The van der Waals surface area contributed by atoms with Crippen LogP contribution in [0.5, 0.6) is 0 Å². The second kappa shape index (κ2) is 10.3. The number of benzene rings is 1. The van der Waals surface area contributed by atoms with Gasteiger partial charge in [-0.05, 0) is 44.4 Å². The summed E-state index contributed by atoms with van der Waals surface area (Å²) in [5.74, 6) is 0.248. The second-order valence-electron chi connectivity index (χ2n) is 7.95. The van der Waals surface area contributed by atoms with Gasteiger partial charge in [0, 0.05) is 62.5 Å². The van der Waals surface area contributed by atoms with Crippen molar-refractivity contribution in [1.29, 1.82) is 0 Å². The maximum atomic E-state index is 13.7. The summed E-state index contributed by atoms with van der Waals surface area (Å²) in [6.07, 6.45) is 1.21. The summed E-state index contributed by atoms with van der Waals surface area (Å²) in [6, 6.07) is 5.39. The maximum Gasteiger partial charge on any atom is 0.236 e. The lowest BCUT2D eigenvalue weighted by molar-refractivity contribution is -0.143. The van der Waals surface area contributed by atoms with Crippen LogP contribution >= 0.6 is 23.2 Å². The van der Waals surface area contributed by atoms with Crippen molar-refractivity contribution in [3.05, 3.63) is 33.8 Å². The van der Waals surface area contributed by atoms with E-state index in [0.29, 0.717) is 68.8 Å². The molecular formula is C22H31Cl2N3O3. The summed E-state index contributed by atoms with van der Waals surface area (Å²) in [5.41, 5.74) is 0.153. The predicted molar refractivity (Wildman–Crippen MR) is 119 cm³/mol. The highest BCUT2D eigenvalue weighted by molar-refractivity contribution is 6.35. The fourth-order valence-electron chi connectivity index (χ4n) is 4.48. The quantitative estimate of drug-likeness (QED) is 0.661. The van der Waals surface area contributed by atoms with Crippen molar-refractivity contribution in [2.24, 2.45) is 0 Å².